The molecule has 0 spiro atoms. The zero-order valence-electron chi connectivity index (χ0n) is 9.27. The van der Waals surface area contributed by atoms with Crippen LogP contribution in [0, 0.1) is 0 Å². The van der Waals surface area contributed by atoms with Gasteiger partial charge in [-0.2, -0.15) is 0 Å². The van der Waals surface area contributed by atoms with E-state index in [-0.39, 0.29) is 24.3 Å². The summed E-state index contributed by atoms with van der Waals surface area (Å²) in [7, 11) is 1.54. The van der Waals surface area contributed by atoms with Crippen LogP contribution in [0.15, 0.2) is 12.0 Å². The van der Waals surface area contributed by atoms with Crippen molar-refractivity contribution in [2.24, 2.45) is 0 Å². The quantitative estimate of drug-likeness (QED) is 0.637. The van der Waals surface area contributed by atoms with Crippen molar-refractivity contribution >= 4 is 5.91 Å². The number of methoxy groups -OCH3 is 1. The number of hydrogen-bond acceptors (Lipinski definition) is 5. The molecule has 0 aromatic carbocycles. The molecular formula is C10H17NO5. The van der Waals surface area contributed by atoms with Gasteiger partial charge in [0.1, 0.15) is 19.5 Å². The molecule has 0 aromatic heterocycles. The molecule has 16 heavy (non-hydrogen) atoms. The van der Waals surface area contributed by atoms with Crippen LogP contribution in [0.3, 0.4) is 0 Å². The fourth-order valence-electron chi connectivity index (χ4n) is 1.30. The van der Waals surface area contributed by atoms with E-state index in [1.807, 2.05) is 0 Å². The maximum absolute atomic E-state index is 11.6. The Bertz CT molecular complexity index is 248. The first-order valence-electron chi connectivity index (χ1n) is 5.13. The average molecular weight is 231 g/mol. The molecule has 1 atom stereocenters. The van der Waals surface area contributed by atoms with Gasteiger partial charge in [-0.1, -0.05) is 0 Å². The van der Waals surface area contributed by atoms with Crippen molar-refractivity contribution in [1.82, 2.24) is 5.32 Å². The van der Waals surface area contributed by atoms with Crippen LogP contribution >= 0.6 is 0 Å². The van der Waals surface area contributed by atoms with E-state index in [9.17, 15) is 4.79 Å². The normalized spacial score (nSPS) is 16.8. The number of carbonyl (C=O) groups excluding carboxylic acids is 1. The summed E-state index contributed by atoms with van der Waals surface area (Å²) in [6.45, 7) is 1.16. The second kappa shape index (κ2) is 7.08. The van der Waals surface area contributed by atoms with Crippen molar-refractivity contribution in [2.75, 3.05) is 33.5 Å². The summed E-state index contributed by atoms with van der Waals surface area (Å²) in [5, 5.41) is 11.5. The van der Waals surface area contributed by atoms with Crippen LogP contribution < -0.4 is 5.32 Å². The molecule has 0 saturated heterocycles. The zero-order valence-corrected chi connectivity index (χ0v) is 9.27. The summed E-state index contributed by atoms with van der Waals surface area (Å²) >= 11 is 0. The first-order valence-corrected chi connectivity index (χ1v) is 5.13. The van der Waals surface area contributed by atoms with Crippen LogP contribution in [-0.4, -0.2) is 50.6 Å². The number of carbonyl (C=O) groups is 1. The molecule has 0 saturated carbocycles. The third-order valence-corrected chi connectivity index (χ3v) is 2.05. The molecule has 1 heterocycles. The van der Waals surface area contributed by atoms with Gasteiger partial charge in [0.15, 0.2) is 0 Å². The van der Waals surface area contributed by atoms with Gasteiger partial charge < -0.3 is 24.6 Å². The monoisotopic (exact) mass is 231 g/mol. The van der Waals surface area contributed by atoms with Crippen molar-refractivity contribution < 1.29 is 24.1 Å². The van der Waals surface area contributed by atoms with E-state index in [0.717, 1.165) is 0 Å². The van der Waals surface area contributed by atoms with Crippen LogP contribution in [0.2, 0.25) is 0 Å². The van der Waals surface area contributed by atoms with Gasteiger partial charge in [-0.05, 0) is 6.42 Å². The van der Waals surface area contributed by atoms with Crippen molar-refractivity contribution in [3.63, 3.8) is 0 Å². The number of aliphatic hydroxyl groups is 1. The number of rotatable bonds is 6. The van der Waals surface area contributed by atoms with Crippen molar-refractivity contribution in [3.8, 4) is 0 Å². The molecule has 0 fully saturated rings. The van der Waals surface area contributed by atoms with Crippen LogP contribution in [-0.2, 0) is 19.0 Å². The van der Waals surface area contributed by atoms with Gasteiger partial charge in [-0.3, -0.25) is 4.79 Å². The topological polar surface area (TPSA) is 77.0 Å². The second-order valence-corrected chi connectivity index (χ2v) is 3.34. The van der Waals surface area contributed by atoms with E-state index >= 15 is 0 Å². The molecule has 1 aliphatic heterocycles. The van der Waals surface area contributed by atoms with Gasteiger partial charge in [0.05, 0.1) is 12.6 Å². The van der Waals surface area contributed by atoms with Crippen molar-refractivity contribution in [3.05, 3.63) is 12.0 Å². The molecule has 1 amide bonds. The minimum atomic E-state index is -0.352. The summed E-state index contributed by atoms with van der Waals surface area (Å²) in [6, 6.07) is -0.228. The van der Waals surface area contributed by atoms with Crippen LogP contribution in [0.4, 0.5) is 0 Å². The van der Waals surface area contributed by atoms with Gasteiger partial charge in [0.2, 0.25) is 5.76 Å². The molecule has 92 valence electrons. The van der Waals surface area contributed by atoms with E-state index in [0.29, 0.717) is 26.2 Å². The van der Waals surface area contributed by atoms with E-state index in [4.69, 9.17) is 19.3 Å². The Morgan fingerprint density at radius 3 is 3.06 bits per heavy atom. The molecule has 0 bridgehead atoms. The lowest BCUT2D eigenvalue weighted by Crippen LogP contribution is -2.40. The van der Waals surface area contributed by atoms with Crippen molar-refractivity contribution in [1.29, 1.82) is 0 Å². The van der Waals surface area contributed by atoms with E-state index < -0.39 is 0 Å². The van der Waals surface area contributed by atoms with Gasteiger partial charge in [0.25, 0.3) is 5.91 Å². The van der Waals surface area contributed by atoms with E-state index in [2.05, 4.69) is 5.32 Å². The predicted octanol–water partition coefficient (Wildman–Crippen LogP) is -0.612. The Morgan fingerprint density at radius 1 is 1.69 bits per heavy atom. The maximum atomic E-state index is 11.6. The average Bonchev–Trinajstić information content (AvgIpc) is 2.31. The molecule has 0 radical (unpaired) electrons. The smallest absolute Gasteiger partial charge is 0.289 e. The summed E-state index contributed by atoms with van der Waals surface area (Å²) in [4.78, 5) is 11.6. The fraction of sp³-hybridized carbons (Fsp3) is 0.700. The number of nitrogens with one attached hydrogen (secondary N) is 1. The molecule has 6 nitrogen and oxygen atoms in total. The summed E-state index contributed by atoms with van der Waals surface area (Å²) in [6.07, 6.45) is 1.73. The lowest BCUT2D eigenvalue weighted by Gasteiger charge is -2.19. The summed E-state index contributed by atoms with van der Waals surface area (Å²) in [5.41, 5.74) is 0. The van der Waals surface area contributed by atoms with Crippen LogP contribution in [0.1, 0.15) is 6.42 Å². The Kier molecular flexibility index (Phi) is 5.66. The standard InChI is InChI=1S/C10H17NO5/c1-14-6-8(2-3-12)11-10(13)9-7-15-4-5-16-9/h7-8,12H,2-6H2,1H3,(H,11,13). The molecular weight excluding hydrogens is 214 g/mol. The van der Waals surface area contributed by atoms with Crippen LogP contribution in [0.5, 0.6) is 0 Å². The Balaban J connectivity index is 2.43. The molecule has 0 aliphatic carbocycles. The highest BCUT2D eigenvalue weighted by Gasteiger charge is 2.18. The first kappa shape index (κ1) is 12.8. The minimum Gasteiger partial charge on any atom is -0.494 e. The Hall–Kier alpha value is -1.27. The van der Waals surface area contributed by atoms with Crippen LogP contribution in [0.25, 0.3) is 0 Å². The first-order chi connectivity index (χ1) is 7.77. The lowest BCUT2D eigenvalue weighted by molar-refractivity contribution is -0.123. The summed E-state index contributed by atoms with van der Waals surface area (Å²) in [5.74, 6) is -0.194. The Labute approximate surface area is 94.2 Å². The number of hydrogen-bond donors (Lipinski definition) is 2. The predicted molar refractivity (Wildman–Crippen MR) is 55.5 cm³/mol. The third-order valence-electron chi connectivity index (χ3n) is 2.05. The lowest BCUT2D eigenvalue weighted by atomic mass is 10.2. The highest BCUT2D eigenvalue weighted by Crippen LogP contribution is 2.05. The molecule has 0 aromatic rings. The minimum absolute atomic E-state index is 0.00921. The second-order valence-electron chi connectivity index (χ2n) is 3.34. The number of ether oxygens (including phenoxy) is 3. The van der Waals surface area contributed by atoms with Gasteiger partial charge in [-0.15, -0.1) is 0 Å². The zero-order chi connectivity index (χ0) is 11.8. The highest BCUT2D eigenvalue weighted by molar-refractivity contribution is 5.91. The molecule has 6 heteroatoms. The van der Waals surface area contributed by atoms with Gasteiger partial charge in [-0.25, -0.2) is 0 Å². The molecule has 2 N–H and O–H groups in total. The molecule has 1 unspecified atom stereocenters. The SMILES string of the molecule is COCC(CCO)NC(=O)C1=COCCO1. The van der Waals surface area contributed by atoms with Gasteiger partial charge in [0, 0.05) is 13.7 Å². The highest BCUT2D eigenvalue weighted by atomic mass is 16.6. The Morgan fingerprint density at radius 2 is 2.50 bits per heavy atom. The van der Waals surface area contributed by atoms with Gasteiger partial charge >= 0.3 is 0 Å². The maximum Gasteiger partial charge on any atom is 0.289 e. The van der Waals surface area contributed by atoms with Crippen molar-refractivity contribution in [2.45, 2.75) is 12.5 Å². The third kappa shape index (κ3) is 4.08. The fourth-order valence-corrected chi connectivity index (χ4v) is 1.30. The summed E-state index contributed by atoms with van der Waals surface area (Å²) < 4.78 is 15.0. The van der Waals surface area contributed by atoms with E-state index in [1.165, 1.54) is 13.4 Å². The molecule has 1 rings (SSSR count). The van der Waals surface area contributed by atoms with E-state index in [1.54, 1.807) is 0 Å². The largest absolute Gasteiger partial charge is 0.494 e. The number of amides is 1. The molecule has 1 aliphatic rings. The number of aliphatic hydroxyl groups excluding tert-OH is 1.